The van der Waals surface area contributed by atoms with Crippen LogP contribution in [0.5, 0.6) is 0 Å². The van der Waals surface area contributed by atoms with E-state index >= 15 is 0 Å². The first-order chi connectivity index (χ1) is 6.86. The summed E-state index contributed by atoms with van der Waals surface area (Å²) in [6, 6.07) is 8.97. The number of benzene rings is 1. The van der Waals surface area contributed by atoms with Crippen molar-refractivity contribution in [2.75, 3.05) is 5.43 Å². The predicted molar refractivity (Wildman–Crippen MR) is 53.1 cm³/mol. The summed E-state index contributed by atoms with van der Waals surface area (Å²) in [7, 11) is -4.67. The molecule has 0 bridgehead atoms. The Morgan fingerprint density at radius 2 is 1.93 bits per heavy atom. The first kappa shape index (κ1) is 13.3. The lowest BCUT2D eigenvalue weighted by Crippen LogP contribution is -2.06. The summed E-state index contributed by atoms with van der Waals surface area (Å²) >= 11 is 0. The average molecular weight is 231 g/mol. The molecule has 0 saturated heterocycles. The maximum atomic E-state index is 8.74. The maximum absolute atomic E-state index is 8.74. The van der Waals surface area contributed by atoms with Crippen molar-refractivity contribution in [3.63, 3.8) is 0 Å². The molecule has 1 aromatic rings. The molecule has 1 rings (SSSR count). The third kappa shape index (κ3) is 8.66. The zero-order chi connectivity index (χ0) is 11.9. The highest BCUT2D eigenvalue weighted by Crippen LogP contribution is 2.06. The number of hydrazine groups is 1. The second-order valence-electron chi connectivity index (χ2n) is 2.28. The van der Waals surface area contributed by atoms with E-state index in [9.17, 15) is 0 Å². The molecular weight excluding hydrogens is 222 g/mol. The SMILES string of the molecule is N#Cc1cccc(NN)c1.O=S(=O)(O)O. The number of anilines is 1. The molecule has 5 N–H and O–H groups in total. The Morgan fingerprint density at radius 3 is 2.33 bits per heavy atom. The summed E-state index contributed by atoms with van der Waals surface area (Å²) in [6.07, 6.45) is 0. The van der Waals surface area contributed by atoms with Crippen LogP contribution in [0.25, 0.3) is 0 Å². The molecule has 0 spiro atoms. The lowest BCUT2D eigenvalue weighted by Gasteiger charge is -1.96. The van der Waals surface area contributed by atoms with Crippen LogP contribution in [-0.4, -0.2) is 17.5 Å². The third-order valence-corrected chi connectivity index (χ3v) is 1.16. The summed E-state index contributed by atoms with van der Waals surface area (Å²) in [6.45, 7) is 0. The molecule has 0 amide bonds. The van der Waals surface area contributed by atoms with Gasteiger partial charge in [0.05, 0.1) is 11.6 Å². The van der Waals surface area contributed by atoms with Gasteiger partial charge in [-0.1, -0.05) is 6.07 Å². The number of hydrogen-bond donors (Lipinski definition) is 4. The lowest BCUT2D eigenvalue weighted by atomic mass is 10.2. The van der Waals surface area contributed by atoms with Gasteiger partial charge in [0, 0.05) is 5.69 Å². The molecule has 8 heteroatoms. The van der Waals surface area contributed by atoms with Gasteiger partial charge in [0.15, 0.2) is 0 Å². The highest BCUT2D eigenvalue weighted by molar-refractivity contribution is 7.79. The van der Waals surface area contributed by atoms with Crippen LogP contribution in [-0.2, 0) is 10.4 Å². The Labute approximate surface area is 86.7 Å². The van der Waals surface area contributed by atoms with Crippen LogP contribution in [0.3, 0.4) is 0 Å². The Bertz CT molecular complexity index is 444. The number of nitrogen functional groups attached to an aromatic ring is 1. The van der Waals surface area contributed by atoms with Crippen LogP contribution in [0, 0.1) is 11.3 Å². The second-order valence-corrected chi connectivity index (χ2v) is 3.18. The van der Waals surface area contributed by atoms with Gasteiger partial charge in [-0.2, -0.15) is 13.7 Å². The summed E-state index contributed by atoms with van der Waals surface area (Å²) in [5.41, 5.74) is 3.81. The number of rotatable bonds is 1. The predicted octanol–water partition coefficient (Wildman–Crippen LogP) is 0.191. The number of nitrogens with zero attached hydrogens (tertiary/aromatic N) is 1. The summed E-state index contributed by atoms with van der Waals surface area (Å²) in [4.78, 5) is 0. The van der Waals surface area contributed by atoms with Gasteiger partial charge in [-0.3, -0.25) is 14.9 Å². The van der Waals surface area contributed by atoms with Crippen LogP contribution < -0.4 is 11.3 Å². The van der Waals surface area contributed by atoms with Crippen molar-refractivity contribution >= 4 is 16.1 Å². The fraction of sp³-hybridized carbons (Fsp3) is 0. The average Bonchev–Trinajstić information content (AvgIpc) is 2.15. The minimum absolute atomic E-state index is 0.607. The number of hydrogen-bond acceptors (Lipinski definition) is 5. The first-order valence-electron chi connectivity index (χ1n) is 3.53. The zero-order valence-electron chi connectivity index (χ0n) is 7.45. The molecular formula is C7H9N3O4S. The topological polar surface area (TPSA) is 136 Å². The van der Waals surface area contributed by atoms with Crippen LogP contribution in [0.2, 0.25) is 0 Å². The van der Waals surface area contributed by atoms with Gasteiger partial charge in [0.2, 0.25) is 0 Å². The van der Waals surface area contributed by atoms with E-state index in [0.29, 0.717) is 5.56 Å². The molecule has 0 aliphatic carbocycles. The Hall–Kier alpha value is -1.66. The molecule has 0 heterocycles. The standard InChI is InChI=1S/C7H7N3.H2O4S/c8-5-6-2-1-3-7(4-6)10-9;1-5(2,3)4/h1-4,10H,9H2;(H2,1,2,3,4). The molecule has 0 fully saturated rings. The summed E-state index contributed by atoms with van der Waals surface area (Å²) in [5.74, 6) is 5.11. The number of nitrogens with two attached hydrogens (primary N) is 1. The van der Waals surface area contributed by atoms with E-state index in [2.05, 4.69) is 5.43 Å². The highest BCUT2D eigenvalue weighted by Gasteiger charge is 1.89. The molecule has 15 heavy (non-hydrogen) atoms. The van der Waals surface area contributed by atoms with Gasteiger partial charge < -0.3 is 5.43 Å². The van der Waals surface area contributed by atoms with Gasteiger partial charge in [-0.25, -0.2) is 0 Å². The number of nitriles is 1. The van der Waals surface area contributed by atoms with Crippen molar-refractivity contribution in [1.82, 2.24) is 0 Å². The molecule has 0 aliphatic heterocycles. The van der Waals surface area contributed by atoms with Crippen LogP contribution in [0.1, 0.15) is 5.56 Å². The Kier molecular flexibility index (Phi) is 5.29. The smallest absolute Gasteiger partial charge is 0.324 e. The molecule has 0 unspecified atom stereocenters. The maximum Gasteiger partial charge on any atom is 0.394 e. The minimum Gasteiger partial charge on any atom is -0.324 e. The van der Waals surface area contributed by atoms with E-state index < -0.39 is 10.4 Å². The fourth-order valence-corrected chi connectivity index (χ4v) is 0.679. The van der Waals surface area contributed by atoms with Gasteiger partial charge in [-0.15, -0.1) is 0 Å². The van der Waals surface area contributed by atoms with Crippen molar-refractivity contribution in [1.29, 1.82) is 5.26 Å². The molecule has 1 aromatic carbocycles. The molecule has 0 radical (unpaired) electrons. The van der Waals surface area contributed by atoms with Gasteiger partial charge in [0.1, 0.15) is 0 Å². The van der Waals surface area contributed by atoms with E-state index in [-0.39, 0.29) is 0 Å². The van der Waals surface area contributed by atoms with Crippen LogP contribution in [0.4, 0.5) is 5.69 Å². The Morgan fingerprint density at radius 1 is 1.40 bits per heavy atom. The number of nitrogens with one attached hydrogen (secondary N) is 1. The molecule has 82 valence electrons. The van der Waals surface area contributed by atoms with Crippen molar-refractivity contribution in [2.45, 2.75) is 0 Å². The van der Waals surface area contributed by atoms with Crippen LogP contribution in [0.15, 0.2) is 24.3 Å². The lowest BCUT2D eigenvalue weighted by molar-refractivity contribution is 0.381. The molecule has 0 atom stereocenters. The van der Waals surface area contributed by atoms with E-state index in [4.69, 9.17) is 28.6 Å². The van der Waals surface area contributed by atoms with E-state index in [1.165, 1.54) is 0 Å². The van der Waals surface area contributed by atoms with Crippen molar-refractivity contribution in [3.8, 4) is 6.07 Å². The molecule has 0 aromatic heterocycles. The van der Waals surface area contributed by atoms with Gasteiger partial charge >= 0.3 is 10.4 Å². The van der Waals surface area contributed by atoms with Gasteiger partial charge in [-0.05, 0) is 18.2 Å². The van der Waals surface area contributed by atoms with Crippen molar-refractivity contribution < 1.29 is 17.5 Å². The normalized spacial score (nSPS) is 9.47. The minimum atomic E-state index is -4.67. The quantitative estimate of drug-likeness (QED) is 0.307. The van der Waals surface area contributed by atoms with Crippen molar-refractivity contribution in [2.24, 2.45) is 5.84 Å². The second kappa shape index (κ2) is 5.94. The highest BCUT2D eigenvalue weighted by atomic mass is 32.3. The Balaban J connectivity index is 0.000000336. The third-order valence-electron chi connectivity index (χ3n) is 1.16. The van der Waals surface area contributed by atoms with Gasteiger partial charge in [0.25, 0.3) is 0 Å². The van der Waals surface area contributed by atoms with Crippen molar-refractivity contribution in [3.05, 3.63) is 29.8 Å². The molecule has 7 nitrogen and oxygen atoms in total. The van der Waals surface area contributed by atoms with E-state index in [1.807, 2.05) is 6.07 Å². The molecule has 0 aliphatic rings. The van der Waals surface area contributed by atoms with Crippen LogP contribution >= 0.6 is 0 Å². The summed E-state index contributed by atoms with van der Waals surface area (Å²) in [5, 5.41) is 8.44. The largest absolute Gasteiger partial charge is 0.394 e. The summed E-state index contributed by atoms with van der Waals surface area (Å²) < 4.78 is 31.6. The zero-order valence-corrected chi connectivity index (χ0v) is 8.27. The molecule has 0 saturated carbocycles. The monoisotopic (exact) mass is 231 g/mol. The van der Waals surface area contributed by atoms with E-state index in [1.54, 1.807) is 24.3 Å². The first-order valence-corrected chi connectivity index (χ1v) is 4.93. The van der Waals surface area contributed by atoms with E-state index in [0.717, 1.165) is 5.69 Å². The fourth-order valence-electron chi connectivity index (χ4n) is 0.679.